The van der Waals surface area contributed by atoms with Crippen LogP contribution in [0.1, 0.15) is 12.1 Å². The van der Waals surface area contributed by atoms with Crippen molar-refractivity contribution in [2.24, 2.45) is 0 Å². The molecular formula is C20H19ClN4O. The van der Waals surface area contributed by atoms with Crippen molar-refractivity contribution >= 4 is 17.4 Å². The molecule has 2 aromatic heterocycles. The Kier molecular flexibility index (Phi) is 4.71. The number of pyridine rings is 1. The van der Waals surface area contributed by atoms with Crippen LogP contribution in [0, 0.1) is 6.92 Å². The standard InChI is InChI=1S/C20H19ClN4O/c1-14-10-19(24-20(23-14)15-4-3-8-22-12-15)25-9-7-18(13-25)26-17-6-2-5-16(21)11-17/h2-6,8,10-12,18H,7,9,13H2,1H3. The van der Waals surface area contributed by atoms with Crippen molar-refractivity contribution in [2.75, 3.05) is 18.0 Å². The summed E-state index contributed by atoms with van der Waals surface area (Å²) in [6.07, 6.45) is 4.59. The number of hydrogen-bond donors (Lipinski definition) is 0. The van der Waals surface area contributed by atoms with Gasteiger partial charge in [0.25, 0.3) is 0 Å². The van der Waals surface area contributed by atoms with Gasteiger partial charge in [0.15, 0.2) is 5.82 Å². The summed E-state index contributed by atoms with van der Waals surface area (Å²) in [7, 11) is 0. The highest BCUT2D eigenvalue weighted by atomic mass is 35.5. The second kappa shape index (κ2) is 7.30. The van der Waals surface area contributed by atoms with Gasteiger partial charge < -0.3 is 9.64 Å². The van der Waals surface area contributed by atoms with Crippen LogP contribution >= 0.6 is 11.6 Å². The molecule has 0 spiro atoms. The third-order valence-electron chi connectivity index (χ3n) is 4.33. The molecule has 132 valence electrons. The molecule has 26 heavy (non-hydrogen) atoms. The summed E-state index contributed by atoms with van der Waals surface area (Å²) in [6, 6.07) is 13.4. The molecule has 4 rings (SSSR count). The molecule has 6 heteroatoms. The Hall–Kier alpha value is -2.66. The van der Waals surface area contributed by atoms with Crippen molar-refractivity contribution in [3.8, 4) is 17.1 Å². The summed E-state index contributed by atoms with van der Waals surface area (Å²) < 4.78 is 6.07. The second-order valence-electron chi connectivity index (χ2n) is 6.36. The zero-order valence-electron chi connectivity index (χ0n) is 14.5. The van der Waals surface area contributed by atoms with E-state index in [0.29, 0.717) is 10.8 Å². The molecule has 0 saturated carbocycles. The van der Waals surface area contributed by atoms with Crippen molar-refractivity contribution in [1.29, 1.82) is 0 Å². The Bertz CT molecular complexity index is 903. The van der Waals surface area contributed by atoms with Gasteiger partial charge in [0.05, 0.1) is 6.54 Å². The summed E-state index contributed by atoms with van der Waals surface area (Å²) in [4.78, 5) is 15.7. The van der Waals surface area contributed by atoms with Crippen molar-refractivity contribution in [3.63, 3.8) is 0 Å². The van der Waals surface area contributed by atoms with Crippen LogP contribution < -0.4 is 9.64 Å². The maximum Gasteiger partial charge on any atom is 0.163 e. The van der Waals surface area contributed by atoms with Gasteiger partial charge in [-0.1, -0.05) is 17.7 Å². The lowest BCUT2D eigenvalue weighted by molar-refractivity contribution is 0.225. The summed E-state index contributed by atoms with van der Waals surface area (Å²) in [6.45, 7) is 3.67. The number of nitrogens with zero attached hydrogens (tertiary/aromatic N) is 4. The monoisotopic (exact) mass is 366 g/mol. The second-order valence-corrected chi connectivity index (χ2v) is 6.80. The van der Waals surface area contributed by atoms with Crippen LogP contribution in [0.2, 0.25) is 5.02 Å². The lowest BCUT2D eigenvalue weighted by Gasteiger charge is -2.19. The third kappa shape index (κ3) is 3.78. The van der Waals surface area contributed by atoms with Gasteiger partial charge in [0.1, 0.15) is 17.7 Å². The minimum absolute atomic E-state index is 0.116. The minimum atomic E-state index is 0.116. The van der Waals surface area contributed by atoms with Crippen LogP contribution in [0.4, 0.5) is 5.82 Å². The lowest BCUT2D eigenvalue weighted by atomic mass is 10.2. The van der Waals surface area contributed by atoms with E-state index in [1.807, 2.05) is 49.4 Å². The van der Waals surface area contributed by atoms with Gasteiger partial charge in [0, 0.05) is 47.7 Å². The molecule has 1 saturated heterocycles. The first-order valence-corrected chi connectivity index (χ1v) is 8.98. The maximum atomic E-state index is 6.07. The highest BCUT2D eigenvalue weighted by Crippen LogP contribution is 2.26. The smallest absolute Gasteiger partial charge is 0.163 e. The van der Waals surface area contributed by atoms with Gasteiger partial charge in [-0.2, -0.15) is 0 Å². The van der Waals surface area contributed by atoms with E-state index in [1.54, 1.807) is 12.4 Å². The Labute approximate surface area is 157 Å². The van der Waals surface area contributed by atoms with Crippen LogP contribution in [0.25, 0.3) is 11.4 Å². The summed E-state index contributed by atoms with van der Waals surface area (Å²) in [5, 5.41) is 0.685. The zero-order chi connectivity index (χ0) is 17.9. The van der Waals surface area contributed by atoms with E-state index < -0.39 is 0 Å². The Morgan fingerprint density at radius 1 is 1.15 bits per heavy atom. The Balaban J connectivity index is 1.51. The minimum Gasteiger partial charge on any atom is -0.488 e. The van der Waals surface area contributed by atoms with Crippen molar-refractivity contribution in [1.82, 2.24) is 15.0 Å². The topological polar surface area (TPSA) is 51.1 Å². The van der Waals surface area contributed by atoms with E-state index in [-0.39, 0.29) is 6.10 Å². The zero-order valence-corrected chi connectivity index (χ0v) is 15.2. The molecule has 0 bridgehead atoms. The number of aromatic nitrogens is 3. The molecule has 0 aliphatic carbocycles. The van der Waals surface area contributed by atoms with Crippen molar-refractivity contribution in [2.45, 2.75) is 19.4 Å². The number of ether oxygens (including phenoxy) is 1. The first-order chi connectivity index (χ1) is 12.7. The number of anilines is 1. The molecule has 1 aliphatic heterocycles. The fraction of sp³-hybridized carbons (Fsp3) is 0.250. The first kappa shape index (κ1) is 16.8. The molecule has 1 aliphatic rings. The fourth-order valence-corrected chi connectivity index (χ4v) is 3.28. The van der Waals surface area contributed by atoms with E-state index in [1.165, 1.54) is 0 Å². The van der Waals surface area contributed by atoms with Gasteiger partial charge in [0.2, 0.25) is 0 Å². The molecule has 1 aromatic carbocycles. The predicted molar refractivity (Wildman–Crippen MR) is 103 cm³/mol. The van der Waals surface area contributed by atoms with Gasteiger partial charge in [-0.05, 0) is 37.3 Å². The van der Waals surface area contributed by atoms with Crippen LogP contribution in [0.5, 0.6) is 5.75 Å². The molecule has 1 unspecified atom stereocenters. The Morgan fingerprint density at radius 2 is 2.08 bits per heavy atom. The van der Waals surface area contributed by atoms with Gasteiger partial charge in [-0.3, -0.25) is 4.98 Å². The molecule has 0 amide bonds. The molecular weight excluding hydrogens is 348 g/mol. The number of benzene rings is 1. The number of hydrogen-bond acceptors (Lipinski definition) is 5. The highest BCUT2D eigenvalue weighted by molar-refractivity contribution is 6.30. The number of rotatable bonds is 4. The van der Waals surface area contributed by atoms with E-state index >= 15 is 0 Å². The van der Waals surface area contributed by atoms with Crippen LogP contribution in [-0.2, 0) is 0 Å². The number of halogens is 1. The van der Waals surface area contributed by atoms with Crippen LogP contribution in [0.3, 0.4) is 0 Å². The van der Waals surface area contributed by atoms with E-state index in [9.17, 15) is 0 Å². The third-order valence-corrected chi connectivity index (χ3v) is 4.56. The van der Waals surface area contributed by atoms with E-state index in [0.717, 1.165) is 42.3 Å². The highest BCUT2D eigenvalue weighted by Gasteiger charge is 2.25. The lowest BCUT2D eigenvalue weighted by Crippen LogP contribution is -2.25. The summed E-state index contributed by atoms with van der Waals surface area (Å²) in [5.41, 5.74) is 1.86. The summed E-state index contributed by atoms with van der Waals surface area (Å²) >= 11 is 6.04. The maximum absolute atomic E-state index is 6.07. The Morgan fingerprint density at radius 3 is 2.88 bits per heavy atom. The normalized spacial score (nSPS) is 16.7. The fourth-order valence-electron chi connectivity index (χ4n) is 3.10. The molecule has 5 nitrogen and oxygen atoms in total. The summed E-state index contributed by atoms with van der Waals surface area (Å²) in [5.74, 6) is 2.43. The van der Waals surface area contributed by atoms with Crippen LogP contribution in [-0.4, -0.2) is 34.1 Å². The number of aryl methyl sites for hydroxylation is 1. The van der Waals surface area contributed by atoms with E-state index in [2.05, 4.69) is 14.9 Å². The molecule has 1 fully saturated rings. The molecule has 3 aromatic rings. The molecule has 0 radical (unpaired) electrons. The van der Waals surface area contributed by atoms with Gasteiger partial charge in [-0.15, -0.1) is 0 Å². The van der Waals surface area contributed by atoms with Crippen molar-refractivity contribution in [3.05, 3.63) is 65.6 Å². The van der Waals surface area contributed by atoms with Crippen LogP contribution in [0.15, 0.2) is 54.9 Å². The predicted octanol–water partition coefficient (Wildman–Crippen LogP) is 4.16. The van der Waals surface area contributed by atoms with Gasteiger partial charge in [-0.25, -0.2) is 9.97 Å². The first-order valence-electron chi connectivity index (χ1n) is 8.60. The SMILES string of the molecule is Cc1cc(N2CCC(Oc3cccc(Cl)c3)C2)nc(-c2cccnc2)n1. The van der Waals surface area contributed by atoms with E-state index in [4.69, 9.17) is 21.3 Å². The largest absolute Gasteiger partial charge is 0.488 e. The molecule has 1 atom stereocenters. The average molecular weight is 367 g/mol. The average Bonchev–Trinajstić information content (AvgIpc) is 3.10. The quantitative estimate of drug-likeness (QED) is 0.694. The molecule has 0 N–H and O–H groups in total. The molecule has 3 heterocycles. The van der Waals surface area contributed by atoms with Crippen molar-refractivity contribution < 1.29 is 4.74 Å². The van der Waals surface area contributed by atoms with Gasteiger partial charge >= 0.3 is 0 Å².